The number of nitrogens with one attached hydrogen (secondary N) is 1. The number of carbonyl (C=O) groups excluding carboxylic acids is 1. The Labute approximate surface area is 148 Å². The number of amides is 1. The Morgan fingerprint density at radius 3 is 2.79 bits per heavy atom. The molecule has 4 heteroatoms. The van der Waals surface area contributed by atoms with Gasteiger partial charge in [0.05, 0.1) is 11.6 Å². The van der Waals surface area contributed by atoms with Crippen LogP contribution in [0.3, 0.4) is 0 Å². The van der Waals surface area contributed by atoms with Crippen LogP contribution < -0.4 is 5.32 Å². The Kier molecular flexibility index (Phi) is 5.52. The molecule has 3 atom stereocenters. The second kappa shape index (κ2) is 7.80. The van der Waals surface area contributed by atoms with Crippen LogP contribution in [0.5, 0.6) is 0 Å². The first kappa shape index (κ1) is 17.0. The van der Waals surface area contributed by atoms with Gasteiger partial charge >= 0.3 is 0 Å². The number of rotatable bonds is 7. The van der Waals surface area contributed by atoms with Crippen LogP contribution >= 0.6 is 11.6 Å². The minimum atomic E-state index is -0.0656. The van der Waals surface area contributed by atoms with Crippen molar-refractivity contribution in [2.45, 2.75) is 38.6 Å². The van der Waals surface area contributed by atoms with Crippen LogP contribution in [0.25, 0.3) is 0 Å². The van der Waals surface area contributed by atoms with Crippen molar-refractivity contribution in [3.05, 3.63) is 64.9 Å². The van der Waals surface area contributed by atoms with Gasteiger partial charge < -0.3 is 5.32 Å². The number of benzene rings is 1. The summed E-state index contributed by atoms with van der Waals surface area (Å²) in [5, 5.41) is 3.93. The van der Waals surface area contributed by atoms with Crippen LogP contribution in [0.2, 0.25) is 5.02 Å². The fraction of sp³-hybridized carbons (Fsp3) is 0.400. The van der Waals surface area contributed by atoms with Crippen molar-refractivity contribution >= 4 is 17.5 Å². The molecule has 1 aliphatic carbocycles. The number of hydrogen-bond acceptors (Lipinski definition) is 2. The van der Waals surface area contributed by atoms with Crippen molar-refractivity contribution in [2.75, 3.05) is 0 Å². The van der Waals surface area contributed by atoms with Crippen LogP contribution in [0.1, 0.15) is 54.6 Å². The molecule has 0 spiro atoms. The van der Waals surface area contributed by atoms with Crippen molar-refractivity contribution in [2.24, 2.45) is 11.8 Å². The second-order valence-electron chi connectivity index (χ2n) is 6.55. The molecule has 1 fully saturated rings. The molecule has 0 saturated heterocycles. The molecule has 2 aromatic rings. The van der Waals surface area contributed by atoms with Gasteiger partial charge in [0.1, 0.15) is 0 Å². The molecule has 0 aliphatic heterocycles. The lowest BCUT2D eigenvalue weighted by atomic mass is 9.99. The highest BCUT2D eigenvalue weighted by molar-refractivity contribution is 6.30. The van der Waals surface area contributed by atoms with E-state index in [-0.39, 0.29) is 11.9 Å². The van der Waals surface area contributed by atoms with Gasteiger partial charge in [0, 0.05) is 17.4 Å². The van der Waals surface area contributed by atoms with Crippen molar-refractivity contribution in [3.8, 4) is 0 Å². The van der Waals surface area contributed by atoms with Crippen molar-refractivity contribution < 1.29 is 4.79 Å². The second-order valence-corrected chi connectivity index (χ2v) is 6.98. The van der Waals surface area contributed by atoms with Crippen LogP contribution in [0.15, 0.2) is 48.8 Å². The third-order valence-electron chi connectivity index (χ3n) is 4.77. The van der Waals surface area contributed by atoms with E-state index in [0.29, 0.717) is 17.4 Å². The number of unbranched alkanes of at least 4 members (excludes halogenated alkanes) is 1. The quantitative estimate of drug-likeness (QED) is 0.766. The van der Waals surface area contributed by atoms with E-state index in [4.69, 9.17) is 11.6 Å². The summed E-state index contributed by atoms with van der Waals surface area (Å²) in [5.41, 5.74) is 1.72. The smallest absolute Gasteiger partial charge is 0.253 e. The lowest BCUT2D eigenvalue weighted by molar-refractivity contribution is 0.0930. The summed E-state index contributed by atoms with van der Waals surface area (Å²) in [6.07, 6.45) is 8.18. The predicted octanol–water partition coefficient (Wildman–Crippen LogP) is 5.03. The maximum absolute atomic E-state index is 12.6. The lowest BCUT2D eigenvalue weighted by Crippen LogP contribution is -2.30. The van der Waals surface area contributed by atoms with Gasteiger partial charge in [-0.2, -0.15) is 0 Å². The zero-order valence-corrected chi connectivity index (χ0v) is 14.7. The first-order valence-electron chi connectivity index (χ1n) is 8.65. The Morgan fingerprint density at radius 1 is 1.33 bits per heavy atom. The van der Waals surface area contributed by atoms with E-state index >= 15 is 0 Å². The number of nitrogens with zero attached hydrogens (tertiary/aromatic N) is 1. The molecule has 0 bridgehead atoms. The molecule has 1 N–H and O–H groups in total. The van der Waals surface area contributed by atoms with E-state index in [1.54, 1.807) is 24.5 Å². The number of hydrogen-bond donors (Lipinski definition) is 1. The molecule has 1 aromatic heterocycles. The maximum Gasteiger partial charge on any atom is 0.253 e. The third-order valence-corrected chi connectivity index (χ3v) is 5.03. The highest BCUT2D eigenvalue weighted by Gasteiger charge is 2.43. The molecule has 1 heterocycles. The van der Waals surface area contributed by atoms with Crippen molar-refractivity contribution in [1.82, 2.24) is 10.3 Å². The Morgan fingerprint density at radius 2 is 2.12 bits per heavy atom. The fourth-order valence-corrected chi connectivity index (χ4v) is 3.43. The van der Waals surface area contributed by atoms with E-state index in [1.165, 1.54) is 25.7 Å². The molecular formula is C20H23ClN2O. The zero-order chi connectivity index (χ0) is 16.9. The van der Waals surface area contributed by atoms with Gasteiger partial charge in [-0.1, -0.05) is 49.9 Å². The first-order valence-corrected chi connectivity index (χ1v) is 9.03. The molecule has 3 rings (SSSR count). The molecule has 126 valence electrons. The van der Waals surface area contributed by atoms with Gasteiger partial charge in [0.15, 0.2) is 0 Å². The summed E-state index contributed by atoms with van der Waals surface area (Å²) in [4.78, 5) is 16.6. The van der Waals surface area contributed by atoms with E-state index in [2.05, 4.69) is 17.2 Å². The molecule has 1 aromatic carbocycles. The van der Waals surface area contributed by atoms with Crippen molar-refractivity contribution in [3.63, 3.8) is 0 Å². The van der Waals surface area contributed by atoms with E-state index in [9.17, 15) is 4.79 Å². The molecule has 0 unspecified atom stereocenters. The minimum Gasteiger partial charge on any atom is -0.345 e. The Bertz CT molecular complexity index is 672. The Balaban J connectivity index is 1.75. The fourth-order valence-electron chi connectivity index (χ4n) is 3.31. The molecule has 1 amide bonds. The van der Waals surface area contributed by atoms with Crippen LogP contribution in [0, 0.1) is 11.8 Å². The highest BCUT2D eigenvalue weighted by Crippen LogP contribution is 2.50. The number of pyridine rings is 1. The van der Waals surface area contributed by atoms with Gasteiger partial charge in [0.2, 0.25) is 0 Å². The summed E-state index contributed by atoms with van der Waals surface area (Å²) in [6.45, 7) is 2.22. The van der Waals surface area contributed by atoms with Crippen LogP contribution in [-0.4, -0.2) is 10.9 Å². The lowest BCUT2D eigenvalue weighted by Gasteiger charge is -2.20. The summed E-state index contributed by atoms with van der Waals surface area (Å²) in [5.74, 6) is 1.15. The topological polar surface area (TPSA) is 42.0 Å². The highest BCUT2D eigenvalue weighted by atomic mass is 35.5. The maximum atomic E-state index is 12.6. The normalized spacial score (nSPS) is 20.4. The average Bonchev–Trinajstić information content (AvgIpc) is 3.38. The van der Waals surface area contributed by atoms with Gasteiger partial charge in [-0.15, -0.1) is 0 Å². The Hall–Kier alpha value is -1.87. The van der Waals surface area contributed by atoms with Crippen LogP contribution in [-0.2, 0) is 0 Å². The van der Waals surface area contributed by atoms with Gasteiger partial charge in [-0.3, -0.25) is 9.78 Å². The third kappa shape index (κ3) is 4.15. The SMILES string of the molecule is CCCC[C@@H]1C[C@H]1[C@@H](NC(=O)c1cccnc1)c1ccc(Cl)cc1. The number of halogens is 1. The van der Waals surface area contributed by atoms with Gasteiger partial charge in [-0.05, 0) is 48.1 Å². The molecule has 1 aliphatic rings. The average molecular weight is 343 g/mol. The van der Waals surface area contributed by atoms with Crippen molar-refractivity contribution in [1.29, 1.82) is 0 Å². The molecule has 0 radical (unpaired) electrons. The van der Waals surface area contributed by atoms with E-state index in [1.807, 2.05) is 24.3 Å². The van der Waals surface area contributed by atoms with E-state index in [0.717, 1.165) is 10.6 Å². The molecule has 24 heavy (non-hydrogen) atoms. The summed E-state index contributed by atoms with van der Waals surface area (Å²) in [6, 6.07) is 11.4. The van der Waals surface area contributed by atoms with Gasteiger partial charge in [-0.25, -0.2) is 0 Å². The standard InChI is InChI=1S/C20H23ClN2O/c1-2-3-5-15-12-18(15)19(14-7-9-17(21)10-8-14)23-20(24)16-6-4-11-22-13-16/h4,6-11,13,15,18-19H,2-3,5,12H2,1H3,(H,23,24)/t15-,18-,19+/m1/s1. The summed E-state index contributed by atoms with van der Waals surface area (Å²) in [7, 11) is 0. The first-order chi connectivity index (χ1) is 11.7. The number of aromatic nitrogens is 1. The summed E-state index contributed by atoms with van der Waals surface area (Å²) >= 11 is 6.01. The molecule has 1 saturated carbocycles. The predicted molar refractivity (Wildman–Crippen MR) is 97.0 cm³/mol. The monoisotopic (exact) mass is 342 g/mol. The zero-order valence-electron chi connectivity index (χ0n) is 13.9. The molecular weight excluding hydrogens is 320 g/mol. The summed E-state index contributed by atoms with van der Waals surface area (Å²) < 4.78 is 0. The van der Waals surface area contributed by atoms with Gasteiger partial charge in [0.25, 0.3) is 5.91 Å². The number of carbonyl (C=O) groups is 1. The minimum absolute atomic E-state index is 0.0387. The largest absolute Gasteiger partial charge is 0.345 e. The molecule has 3 nitrogen and oxygen atoms in total. The van der Waals surface area contributed by atoms with E-state index < -0.39 is 0 Å². The van der Waals surface area contributed by atoms with Crippen LogP contribution in [0.4, 0.5) is 0 Å².